The van der Waals surface area contributed by atoms with E-state index in [0.29, 0.717) is 12.0 Å². The second-order valence-corrected chi connectivity index (χ2v) is 5.59. The van der Waals surface area contributed by atoms with Crippen LogP contribution in [0.2, 0.25) is 0 Å². The van der Waals surface area contributed by atoms with Crippen molar-refractivity contribution in [3.63, 3.8) is 0 Å². The summed E-state index contributed by atoms with van der Waals surface area (Å²) in [5, 5.41) is 2.70. The maximum Gasteiger partial charge on any atom is 0.251 e. The van der Waals surface area contributed by atoms with Crippen molar-refractivity contribution >= 4 is 11.8 Å². The molecule has 4 heteroatoms. The predicted molar refractivity (Wildman–Crippen MR) is 96.4 cm³/mol. The van der Waals surface area contributed by atoms with Crippen LogP contribution in [0.25, 0.3) is 11.1 Å². The second kappa shape index (κ2) is 8.67. The van der Waals surface area contributed by atoms with Crippen LogP contribution in [-0.2, 0) is 4.79 Å². The smallest absolute Gasteiger partial charge is 0.251 e. The maximum atomic E-state index is 12.3. The van der Waals surface area contributed by atoms with Crippen LogP contribution in [0.5, 0.6) is 0 Å². The SMILES string of the molecule is C=CCCC[C@H](NC(=O)c1ccc(-c2ccccc2)cc1)C(N)=O. The van der Waals surface area contributed by atoms with Gasteiger partial charge in [0.05, 0.1) is 0 Å². The van der Waals surface area contributed by atoms with Crippen LogP contribution >= 0.6 is 0 Å². The molecule has 4 nitrogen and oxygen atoms in total. The fourth-order valence-electron chi connectivity index (χ4n) is 2.44. The highest BCUT2D eigenvalue weighted by Crippen LogP contribution is 2.19. The van der Waals surface area contributed by atoms with Crippen LogP contribution in [0.3, 0.4) is 0 Å². The molecule has 0 fully saturated rings. The number of carbonyl (C=O) groups is 2. The number of amides is 2. The molecule has 24 heavy (non-hydrogen) atoms. The number of unbranched alkanes of at least 4 members (excludes halogenated alkanes) is 1. The van der Waals surface area contributed by atoms with E-state index in [0.717, 1.165) is 24.0 Å². The summed E-state index contributed by atoms with van der Waals surface area (Å²) >= 11 is 0. The van der Waals surface area contributed by atoms with Crippen LogP contribution in [0.4, 0.5) is 0 Å². The lowest BCUT2D eigenvalue weighted by molar-refractivity contribution is -0.120. The van der Waals surface area contributed by atoms with Gasteiger partial charge < -0.3 is 11.1 Å². The van der Waals surface area contributed by atoms with Gasteiger partial charge in [0.25, 0.3) is 5.91 Å². The highest BCUT2D eigenvalue weighted by Gasteiger charge is 2.18. The van der Waals surface area contributed by atoms with Crippen molar-refractivity contribution in [3.05, 3.63) is 72.8 Å². The molecule has 0 saturated carbocycles. The third-order valence-corrected chi connectivity index (χ3v) is 3.80. The van der Waals surface area contributed by atoms with E-state index in [1.165, 1.54) is 0 Å². The van der Waals surface area contributed by atoms with Gasteiger partial charge in [-0.1, -0.05) is 48.5 Å². The minimum atomic E-state index is -0.661. The quantitative estimate of drug-likeness (QED) is 0.578. The molecule has 0 bridgehead atoms. The molecule has 0 spiro atoms. The van der Waals surface area contributed by atoms with E-state index < -0.39 is 11.9 Å². The van der Waals surface area contributed by atoms with Crippen molar-refractivity contribution < 1.29 is 9.59 Å². The summed E-state index contributed by atoms with van der Waals surface area (Å²) in [4.78, 5) is 23.8. The summed E-state index contributed by atoms with van der Waals surface area (Å²) in [6.07, 6.45) is 3.83. The molecule has 0 saturated heterocycles. The molecule has 0 heterocycles. The zero-order chi connectivity index (χ0) is 17.4. The zero-order valence-electron chi connectivity index (χ0n) is 13.6. The Kier molecular flexibility index (Phi) is 6.32. The minimum Gasteiger partial charge on any atom is -0.368 e. The third-order valence-electron chi connectivity index (χ3n) is 3.80. The van der Waals surface area contributed by atoms with Gasteiger partial charge in [-0.2, -0.15) is 0 Å². The summed E-state index contributed by atoms with van der Waals surface area (Å²) < 4.78 is 0. The Morgan fingerprint density at radius 1 is 1.04 bits per heavy atom. The molecule has 0 aliphatic rings. The lowest BCUT2D eigenvalue weighted by Crippen LogP contribution is -2.44. The normalized spacial score (nSPS) is 11.5. The molecule has 0 aromatic heterocycles. The van der Waals surface area contributed by atoms with E-state index in [1.54, 1.807) is 18.2 Å². The first-order chi connectivity index (χ1) is 11.6. The Labute approximate surface area is 142 Å². The van der Waals surface area contributed by atoms with Crippen molar-refractivity contribution in [2.45, 2.75) is 25.3 Å². The highest BCUT2D eigenvalue weighted by molar-refractivity contribution is 5.97. The van der Waals surface area contributed by atoms with Crippen molar-refractivity contribution in [1.82, 2.24) is 5.32 Å². The Balaban J connectivity index is 2.03. The van der Waals surface area contributed by atoms with Crippen molar-refractivity contribution in [2.24, 2.45) is 5.73 Å². The molecular formula is C20H22N2O2. The number of hydrogen-bond acceptors (Lipinski definition) is 2. The van der Waals surface area contributed by atoms with Gasteiger partial charge in [0, 0.05) is 5.56 Å². The van der Waals surface area contributed by atoms with Crippen molar-refractivity contribution in [3.8, 4) is 11.1 Å². The molecular weight excluding hydrogens is 300 g/mol. The van der Waals surface area contributed by atoms with Gasteiger partial charge in [-0.05, 0) is 42.5 Å². The Bertz CT molecular complexity index is 693. The molecule has 0 radical (unpaired) electrons. The zero-order valence-corrected chi connectivity index (χ0v) is 13.6. The Morgan fingerprint density at radius 3 is 2.25 bits per heavy atom. The van der Waals surface area contributed by atoms with Crippen LogP contribution in [0.15, 0.2) is 67.3 Å². The molecule has 2 aromatic rings. The van der Waals surface area contributed by atoms with Gasteiger partial charge in [0.1, 0.15) is 6.04 Å². The summed E-state index contributed by atoms with van der Waals surface area (Å²) in [6, 6.07) is 16.5. The summed E-state index contributed by atoms with van der Waals surface area (Å²) in [5.41, 5.74) is 7.99. The average Bonchev–Trinajstić information content (AvgIpc) is 2.61. The Hall–Kier alpha value is -2.88. The number of nitrogens with one attached hydrogen (secondary N) is 1. The van der Waals surface area contributed by atoms with Crippen LogP contribution < -0.4 is 11.1 Å². The van der Waals surface area contributed by atoms with E-state index in [9.17, 15) is 9.59 Å². The molecule has 0 aliphatic heterocycles. The predicted octanol–water partition coefficient (Wildman–Crippen LogP) is 3.29. The average molecular weight is 322 g/mol. The van der Waals surface area contributed by atoms with Gasteiger partial charge >= 0.3 is 0 Å². The van der Waals surface area contributed by atoms with E-state index in [1.807, 2.05) is 42.5 Å². The summed E-state index contributed by atoms with van der Waals surface area (Å²) in [5.74, 6) is -0.815. The fraction of sp³-hybridized carbons (Fsp3) is 0.200. The van der Waals surface area contributed by atoms with Crippen molar-refractivity contribution in [2.75, 3.05) is 0 Å². The minimum absolute atomic E-state index is 0.294. The topological polar surface area (TPSA) is 72.2 Å². The first-order valence-electron chi connectivity index (χ1n) is 7.98. The lowest BCUT2D eigenvalue weighted by Gasteiger charge is -2.15. The number of hydrogen-bond donors (Lipinski definition) is 2. The molecule has 1 atom stereocenters. The maximum absolute atomic E-state index is 12.3. The van der Waals surface area contributed by atoms with Crippen molar-refractivity contribution in [1.29, 1.82) is 0 Å². The fourth-order valence-corrected chi connectivity index (χ4v) is 2.44. The number of primary amides is 1. The largest absolute Gasteiger partial charge is 0.368 e. The molecule has 2 amide bonds. The molecule has 124 valence electrons. The van der Waals surface area contributed by atoms with Gasteiger partial charge in [-0.25, -0.2) is 0 Å². The van der Waals surface area contributed by atoms with Crippen LogP contribution in [-0.4, -0.2) is 17.9 Å². The van der Waals surface area contributed by atoms with E-state index in [-0.39, 0.29) is 5.91 Å². The molecule has 2 aromatic carbocycles. The standard InChI is InChI=1S/C20H22N2O2/c1-2-3-5-10-18(19(21)23)22-20(24)17-13-11-16(12-14-17)15-8-6-4-7-9-15/h2,4,6-9,11-14,18H,1,3,5,10H2,(H2,21,23)(H,22,24)/t18-/m0/s1. The van der Waals surface area contributed by atoms with Gasteiger partial charge in [-0.3, -0.25) is 9.59 Å². The molecule has 0 aliphatic carbocycles. The first kappa shape index (κ1) is 17.5. The van der Waals surface area contributed by atoms with E-state index in [4.69, 9.17) is 5.73 Å². The van der Waals surface area contributed by atoms with E-state index in [2.05, 4.69) is 11.9 Å². The molecule has 3 N–H and O–H groups in total. The van der Waals surface area contributed by atoms with Crippen LogP contribution in [0.1, 0.15) is 29.6 Å². The summed E-state index contributed by atoms with van der Waals surface area (Å²) in [7, 11) is 0. The lowest BCUT2D eigenvalue weighted by atomic mass is 10.0. The third kappa shape index (κ3) is 4.81. The molecule has 0 unspecified atom stereocenters. The number of allylic oxidation sites excluding steroid dienone is 1. The van der Waals surface area contributed by atoms with Gasteiger partial charge in [0.15, 0.2) is 0 Å². The van der Waals surface area contributed by atoms with Crippen LogP contribution in [0, 0.1) is 0 Å². The molecule has 2 rings (SSSR count). The van der Waals surface area contributed by atoms with E-state index >= 15 is 0 Å². The number of carbonyl (C=O) groups excluding carboxylic acids is 2. The van der Waals surface area contributed by atoms with Gasteiger partial charge in [-0.15, -0.1) is 6.58 Å². The number of nitrogens with two attached hydrogens (primary N) is 1. The first-order valence-corrected chi connectivity index (χ1v) is 7.98. The van der Waals surface area contributed by atoms with Gasteiger partial charge in [0.2, 0.25) is 5.91 Å². The second-order valence-electron chi connectivity index (χ2n) is 5.59. The Morgan fingerprint density at radius 2 is 1.67 bits per heavy atom. The highest BCUT2D eigenvalue weighted by atomic mass is 16.2. The summed E-state index contributed by atoms with van der Waals surface area (Å²) in [6.45, 7) is 3.64. The number of benzene rings is 2. The number of rotatable bonds is 8. The monoisotopic (exact) mass is 322 g/mol.